The van der Waals surface area contributed by atoms with Gasteiger partial charge in [-0.3, -0.25) is 0 Å². The number of carbonyl (C=O) groups is 1. The van der Waals surface area contributed by atoms with Gasteiger partial charge in [-0.1, -0.05) is 17.7 Å². The lowest BCUT2D eigenvalue weighted by atomic mass is 10.1. The zero-order chi connectivity index (χ0) is 19.4. The third-order valence-corrected chi connectivity index (χ3v) is 5.23. The molecule has 0 aromatic heterocycles. The van der Waals surface area contributed by atoms with Gasteiger partial charge in [0.2, 0.25) is 0 Å². The van der Waals surface area contributed by atoms with Gasteiger partial charge < -0.3 is 19.9 Å². The monoisotopic (exact) mass is 403 g/mol. The third-order valence-electron chi connectivity index (χ3n) is 4.64. The van der Waals surface area contributed by atoms with Gasteiger partial charge in [-0.2, -0.15) is 0 Å². The van der Waals surface area contributed by atoms with Crippen molar-refractivity contribution >= 4 is 46.3 Å². The number of ether oxygens (including phenoxy) is 1. The van der Waals surface area contributed by atoms with Gasteiger partial charge in [-0.25, -0.2) is 4.79 Å². The average Bonchev–Trinajstić information content (AvgIpc) is 2.70. The molecule has 27 heavy (non-hydrogen) atoms. The van der Waals surface area contributed by atoms with Crippen molar-refractivity contribution in [2.24, 2.45) is 0 Å². The van der Waals surface area contributed by atoms with Gasteiger partial charge in [0, 0.05) is 42.6 Å². The number of anilines is 2. The Labute approximate surface area is 169 Å². The quantitative estimate of drug-likeness (QED) is 0.618. The van der Waals surface area contributed by atoms with Crippen molar-refractivity contribution in [3.05, 3.63) is 58.6 Å². The SMILES string of the molecule is COC(=O)c1ccc(NC(=S)N2CCN(c3cc(Cl)ccc3C)CC2)cc1. The Hall–Kier alpha value is -2.31. The van der Waals surface area contributed by atoms with Crippen LogP contribution in [0.3, 0.4) is 0 Å². The molecule has 7 heteroatoms. The predicted molar refractivity (Wildman–Crippen MR) is 114 cm³/mol. The lowest BCUT2D eigenvalue weighted by Crippen LogP contribution is -2.50. The number of hydrogen-bond donors (Lipinski definition) is 1. The molecule has 1 saturated heterocycles. The van der Waals surface area contributed by atoms with Crippen LogP contribution in [0.4, 0.5) is 11.4 Å². The summed E-state index contributed by atoms with van der Waals surface area (Å²) in [5, 5.41) is 4.68. The van der Waals surface area contributed by atoms with Crippen molar-refractivity contribution < 1.29 is 9.53 Å². The van der Waals surface area contributed by atoms with Crippen LogP contribution in [0.2, 0.25) is 5.02 Å². The molecule has 0 amide bonds. The second-order valence-corrected chi connectivity index (χ2v) is 7.23. The molecule has 0 unspecified atom stereocenters. The zero-order valence-corrected chi connectivity index (χ0v) is 16.9. The highest BCUT2D eigenvalue weighted by molar-refractivity contribution is 7.80. The number of methoxy groups -OCH3 is 1. The molecule has 1 aliphatic rings. The number of hydrogen-bond acceptors (Lipinski definition) is 4. The number of halogens is 1. The number of rotatable bonds is 3. The van der Waals surface area contributed by atoms with Crippen LogP contribution in [0.15, 0.2) is 42.5 Å². The van der Waals surface area contributed by atoms with E-state index in [1.54, 1.807) is 12.1 Å². The summed E-state index contributed by atoms with van der Waals surface area (Å²) in [6.45, 7) is 5.52. The van der Waals surface area contributed by atoms with Crippen LogP contribution in [0, 0.1) is 6.92 Å². The standard InChI is InChI=1S/C20H22ClN3O2S/c1-14-3-6-16(21)13-18(14)23-9-11-24(12-10-23)20(27)22-17-7-4-15(5-8-17)19(25)26-2/h3-8,13H,9-12H2,1-2H3,(H,22,27). The number of aryl methyl sites for hydroxylation is 1. The third kappa shape index (κ3) is 4.70. The Morgan fingerprint density at radius 1 is 1.11 bits per heavy atom. The molecule has 2 aromatic carbocycles. The van der Waals surface area contributed by atoms with Gasteiger partial charge in [-0.15, -0.1) is 0 Å². The second kappa shape index (κ2) is 8.59. The molecule has 1 heterocycles. The molecule has 0 aliphatic carbocycles. The summed E-state index contributed by atoms with van der Waals surface area (Å²) >= 11 is 11.7. The minimum atomic E-state index is -0.350. The van der Waals surface area contributed by atoms with Crippen molar-refractivity contribution in [3.8, 4) is 0 Å². The minimum Gasteiger partial charge on any atom is -0.465 e. The molecule has 0 radical (unpaired) electrons. The van der Waals surface area contributed by atoms with Gasteiger partial charge in [0.05, 0.1) is 12.7 Å². The topological polar surface area (TPSA) is 44.8 Å². The lowest BCUT2D eigenvalue weighted by Gasteiger charge is -2.38. The number of nitrogens with one attached hydrogen (secondary N) is 1. The van der Waals surface area contributed by atoms with Crippen LogP contribution in [-0.4, -0.2) is 49.3 Å². The van der Waals surface area contributed by atoms with E-state index in [-0.39, 0.29) is 5.97 Å². The van der Waals surface area contributed by atoms with E-state index in [1.807, 2.05) is 30.3 Å². The van der Waals surface area contributed by atoms with Gasteiger partial charge in [0.25, 0.3) is 0 Å². The van der Waals surface area contributed by atoms with E-state index in [0.29, 0.717) is 10.7 Å². The van der Waals surface area contributed by atoms with E-state index in [0.717, 1.165) is 36.9 Å². The molecule has 3 rings (SSSR count). The number of esters is 1. The molecule has 142 valence electrons. The van der Waals surface area contributed by atoms with Crippen LogP contribution in [0.5, 0.6) is 0 Å². The maximum atomic E-state index is 11.5. The summed E-state index contributed by atoms with van der Waals surface area (Å²) in [7, 11) is 1.37. The highest BCUT2D eigenvalue weighted by atomic mass is 35.5. The van der Waals surface area contributed by atoms with Gasteiger partial charge in [0.1, 0.15) is 0 Å². The molecule has 1 fully saturated rings. The van der Waals surface area contributed by atoms with Crippen molar-refractivity contribution in [2.45, 2.75) is 6.92 Å². The number of thiocarbonyl (C=S) groups is 1. The predicted octanol–water partition coefficient (Wildman–Crippen LogP) is 3.95. The first-order valence-corrected chi connectivity index (χ1v) is 9.52. The maximum Gasteiger partial charge on any atom is 0.337 e. The molecule has 0 bridgehead atoms. The first kappa shape index (κ1) is 19.5. The molecule has 5 nitrogen and oxygen atoms in total. The molecule has 0 spiro atoms. The highest BCUT2D eigenvalue weighted by Crippen LogP contribution is 2.25. The molecule has 1 aliphatic heterocycles. The molecule has 1 N–H and O–H groups in total. The maximum absolute atomic E-state index is 11.5. The van der Waals surface area contributed by atoms with Crippen LogP contribution >= 0.6 is 23.8 Å². The molecule has 2 aromatic rings. The summed E-state index contributed by atoms with van der Waals surface area (Å²) in [6, 6.07) is 13.1. The fraction of sp³-hybridized carbons (Fsp3) is 0.300. The van der Waals surface area contributed by atoms with Crippen molar-refractivity contribution in [2.75, 3.05) is 43.5 Å². The molecule has 0 saturated carbocycles. The van der Waals surface area contributed by atoms with Crippen molar-refractivity contribution in [3.63, 3.8) is 0 Å². The van der Waals surface area contributed by atoms with E-state index in [2.05, 4.69) is 22.0 Å². The zero-order valence-electron chi connectivity index (χ0n) is 15.4. The lowest BCUT2D eigenvalue weighted by molar-refractivity contribution is 0.0601. The average molecular weight is 404 g/mol. The summed E-state index contributed by atoms with van der Waals surface area (Å²) < 4.78 is 4.71. The second-order valence-electron chi connectivity index (χ2n) is 6.40. The largest absolute Gasteiger partial charge is 0.465 e. The van der Waals surface area contributed by atoms with Crippen LogP contribution in [0.25, 0.3) is 0 Å². The Balaban J connectivity index is 1.57. The van der Waals surface area contributed by atoms with Crippen molar-refractivity contribution in [1.29, 1.82) is 0 Å². The summed E-state index contributed by atoms with van der Waals surface area (Å²) in [4.78, 5) is 16.0. The van der Waals surface area contributed by atoms with Gasteiger partial charge in [0.15, 0.2) is 5.11 Å². The van der Waals surface area contributed by atoms with Crippen molar-refractivity contribution in [1.82, 2.24) is 4.90 Å². The van der Waals surface area contributed by atoms with Crippen LogP contribution in [-0.2, 0) is 4.74 Å². The van der Waals surface area contributed by atoms with Gasteiger partial charge >= 0.3 is 5.97 Å². The van der Waals surface area contributed by atoms with Gasteiger partial charge in [-0.05, 0) is 61.1 Å². The number of nitrogens with zero attached hydrogens (tertiary/aromatic N) is 2. The Morgan fingerprint density at radius 3 is 2.41 bits per heavy atom. The highest BCUT2D eigenvalue weighted by Gasteiger charge is 2.20. The Kier molecular flexibility index (Phi) is 6.19. The van der Waals surface area contributed by atoms with Crippen LogP contribution in [0.1, 0.15) is 15.9 Å². The summed E-state index contributed by atoms with van der Waals surface area (Å²) in [5.74, 6) is -0.350. The number of piperazine rings is 1. The fourth-order valence-corrected chi connectivity index (χ4v) is 3.55. The minimum absolute atomic E-state index is 0.350. The van der Waals surface area contributed by atoms with E-state index >= 15 is 0 Å². The van der Waals surface area contributed by atoms with E-state index in [9.17, 15) is 4.79 Å². The summed E-state index contributed by atoms with van der Waals surface area (Å²) in [6.07, 6.45) is 0. The normalized spacial score (nSPS) is 14.0. The fourth-order valence-electron chi connectivity index (χ4n) is 3.08. The first-order chi connectivity index (χ1) is 13.0. The molecule has 0 atom stereocenters. The Morgan fingerprint density at radius 2 is 1.78 bits per heavy atom. The number of carbonyl (C=O) groups excluding carboxylic acids is 1. The molecular formula is C20H22ClN3O2S. The van der Waals surface area contributed by atoms with E-state index < -0.39 is 0 Å². The van der Waals surface area contributed by atoms with Crippen LogP contribution < -0.4 is 10.2 Å². The number of benzene rings is 2. The summed E-state index contributed by atoms with van der Waals surface area (Å²) in [5.41, 5.74) is 3.76. The first-order valence-electron chi connectivity index (χ1n) is 8.73. The Bertz CT molecular complexity index is 834. The molecular weight excluding hydrogens is 382 g/mol. The van der Waals surface area contributed by atoms with E-state index in [1.165, 1.54) is 18.4 Å². The van der Waals surface area contributed by atoms with E-state index in [4.69, 9.17) is 28.6 Å². The smallest absolute Gasteiger partial charge is 0.337 e.